The van der Waals surface area contributed by atoms with Gasteiger partial charge in [-0.3, -0.25) is 4.79 Å². The SMILES string of the molecule is Cc1ccc(C(=O)N/N=C\c2cc(C)n(C(C)C)c2)cc1. The van der Waals surface area contributed by atoms with Crippen molar-refractivity contribution in [1.29, 1.82) is 0 Å². The second-order valence-corrected chi connectivity index (χ2v) is 5.48. The van der Waals surface area contributed by atoms with Crippen molar-refractivity contribution >= 4 is 12.1 Å². The molecule has 21 heavy (non-hydrogen) atoms. The van der Waals surface area contributed by atoms with E-state index in [1.54, 1.807) is 18.3 Å². The first kappa shape index (κ1) is 15.0. The molecular formula is C17H21N3O. The van der Waals surface area contributed by atoms with E-state index in [-0.39, 0.29) is 5.91 Å². The van der Waals surface area contributed by atoms with E-state index in [0.717, 1.165) is 11.1 Å². The van der Waals surface area contributed by atoms with E-state index in [4.69, 9.17) is 0 Å². The molecule has 1 amide bonds. The first-order chi connectivity index (χ1) is 9.97. The summed E-state index contributed by atoms with van der Waals surface area (Å²) in [5.41, 5.74) is 6.43. The Morgan fingerprint density at radius 2 is 1.90 bits per heavy atom. The van der Waals surface area contributed by atoms with Crippen LogP contribution in [0.3, 0.4) is 0 Å². The van der Waals surface area contributed by atoms with E-state index >= 15 is 0 Å². The molecule has 0 unspecified atom stereocenters. The quantitative estimate of drug-likeness (QED) is 0.678. The molecule has 1 N–H and O–H groups in total. The zero-order chi connectivity index (χ0) is 15.4. The highest BCUT2D eigenvalue weighted by atomic mass is 16.2. The van der Waals surface area contributed by atoms with Gasteiger partial charge in [0.15, 0.2) is 0 Å². The molecule has 0 atom stereocenters. The second kappa shape index (κ2) is 6.39. The summed E-state index contributed by atoms with van der Waals surface area (Å²) < 4.78 is 2.17. The van der Waals surface area contributed by atoms with Gasteiger partial charge in [0.25, 0.3) is 5.91 Å². The number of hydrogen-bond acceptors (Lipinski definition) is 2. The molecule has 0 saturated heterocycles. The summed E-state index contributed by atoms with van der Waals surface area (Å²) in [6, 6.07) is 9.85. The molecule has 110 valence electrons. The predicted octanol–water partition coefficient (Wildman–Crippen LogP) is 3.45. The van der Waals surface area contributed by atoms with Gasteiger partial charge in [-0.2, -0.15) is 5.10 Å². The highest BCUT2D eigenvalue weighted by molar-refractivity contribution is 5.94. The van der Waals surface area contributed by atoms with Gasteiger partial charge < -0.3 is 4.57 Å². The van der Waals surface area contributed by atoms with E-state index in [0.29, 0.717) is 11.6 Å². The summed E-state index contributed by atoms with van der Waals surface area (Å²) in [7, 11) is 0. The van der Waals surface area contributed by atoms with Gasteiger partial charge in [0.05, 0.1) is 6.21 Å². The third-order valence-corrected chi connectivity index (χ3v) is 3.32. The van der Waals surface area contributed by atoms with Gasteiger partial charge >= 0.3 is 0 Å². The van der Waals surface area contributed by atoms with Crippen LogP contribution < -0.4 is 5.43 Å². The van der Waals surface area contributed by atoms with Crippen LogP contribution in [0.2, 0.25) is 0 Å². The Morgan fingerprint density at radius 3 is 2.48 bits per heavy atom. The molecule has 4 nitrogen and oxygen atoms in total. The van der Waals surface area contributed by atoms with Crippen molar-refractivity contribution in [2.24, 2.45) is 5.10 Å². The maximum absolute atomic E-state index is 11.9. The minimum atomic E-state index is -0.203. The molecule has 4 heteroatoms. The van der Waals surface area contributed by atoms with Gasteiger partial charge in [0.1, 0.15) is 0 Å². The minimum Gasteiger partial charge on any atom is -0.349 e. The van der Waals surface area contributed by atoms with Crippen LogP contribution in [0.4, 0.5) is 0 Å². The van der Waals surface area contributed by atoms with Crippen molar-refractivity contribution < 1.29 is 4.79 Å². The van der Waals surface area contributed by atoms with Crippen LogP contribution in [0, 0.1) is 13.8 Å². The predicted molar refractivity (Wildman–Crippen MR) is 85.8 cm³/mol. The number of rotatable bonds is 4. The number of hydrogen-bond donors (Lipinski definition) is 1. The average molecular weight is 283 g/mol. The largest absolute Gasteiger partial charge is 0.349 e. The van der Waals surface area contributed by atoms with Crippen molar-refractivity contribution in [2.45, 2.75) is 33.7 Å². The van der Waals surface area contributed by atoms with Crippen molar-refractivity contribution in [1.82, 2.24) is 9.99 Å². The highest BCUT2D eigenvalue weighted by Gasteiger charge is 2.05. The van der Waals surface area contributed by atoms with Crippen molar-refractivity contribution in [3.63, 3.8) is 0 Å². The molecule has 0 fully saturated rings. The first-order valence-electron chi connectivity index (χ1n) is 7.06. The number of nitrogens with zero attached hydrogens (tertiary/aromatic N) is 2. The lowest BCUT2D eigenvalue weighted by atomic mass is 10.1. The molecule has 0 spiro atoms. The summed E-state index contributed by atoms with van der Waals surface area (Å²) in [6.07, 6.45) is 3.69. The number of nitrogens with one attached hydrogen (secondary N) is 1. The summed E-state index contributed by atoms with van der Waals surface area (Å²) in [5, 5.41) is 4.02. The Bertz CT molecular complexity index is 651. The van der Waals surface area contributed by atoms with Crippen LogP contribution in [-0.2, 0) is 0 Å². The van der Waals surface area contributed by atoms with E-state index in [9.17, 15) is 4.79 Å². The number of benzene rings is 1. The average Bonchev–Trinajstić information content (AvgIpc) is 2.80. The molecule has 2 aromatic rings. The Hall–Kier alpha value is -2.36. The minimum absolute atomic E-state index is 0.203. The second-order valence-electron chi connectivity index (χ2n) is 5.48. The summed E-state index contributed by atoms with van der Waals surface area (Å²) in [6.45, 7) is 8.31. The van der Waals surface area contributed by atoms with Gasteiger partial charge in [0.2, 0.25) is 0 Å². The molecule has 0 aliphatic carbocycles. The van der Waals surface area contributed by atoms with Crippen molar-refractivity contribution in [3.05, 3.63) is 58.9 Å². The Morgan fingerprint density at radius 1 is 1.24 bits per heavy atom. The van der Waals surface area contributed by atoms with Gasteiger partial charge in [-0.05, 0) is 45.9 Å². The van der Waals surface area contributed by atoms with Crippen LogP contribution in [-0.4, -0.2) is 16.7 Å². The molecule has 1 aromatic carbocycles. The maximum atomic E-state index is 11.9. The summed E-state index contributed by atoms with van der Waals surface area (Å²) in [5.74, 6) is -0.203. The third kappa shape index (κ3) is 3.81. The fourth-order valence-corrected chi connectivity index (χ4v) is 2.18. The third-order valence-electron chi connectivity index (χ3n) is 3.32. The lowest BCUT2D eigenvalue weighted by Crippen LogP contribution is -2.17. The molecule has 1 heterocycles. The first-order valence-corrected chi connectivity index (χ1v) is 7.06. The number of aryl methyl sites for hydroxylation is 2. The zero-order valence-electron chi connectivity index (χ0n) is 12.9. The lowest BCUT2D eigenvalue weighted by molar-refractivity contribution is 0.0955. The Kier molecular flexibility index (Phi) is 4.58. The molecular weight excluding hydrogens is 262 g/mol. The fourth-order valence-electron chi connectivity index (χ4n) is 2.18. The highest BCUT2D eigenvalue weighted by Crippen LogP contribution is 2.12. The van der Waals surface area contributed by atoms with Crippen LogP contribution in [0.1, 0.15) is 47.1 Å². The van der Waals surface area contributed by atoms with Crippen LogP contribution in [0.5, 0.6) is 0 Å². The molecule has 0 aliphatic heterocycles. The van der Waals surface area contributed by atoms with Crippen molar-refractivity contribution in [2.75, 3.05) is 0 Å². The number of amides is 1. The Labute approximate surface area is 125 Å². The van der Waals surface area contributed by atoms with Crippen LogP contribution >= 0.6 is 0 Å². The molecule has 2 rings (SSSR count). The number of carbonyl (C=O) groups is 1. The van der Waals surface area contributed by atoms with E-state index < -0.39 is 0 Å². The van der Waals surface area contributed by atoms with Gasteiger partial charge in [-0.1, -0.05) is 17.7 Å². The van der Waals surface area contributed by atoms with E-state index in [1.807, 2.05) is 31.3 Å². The molecule has 1 aromatic heterocycles. The number of hydrazone groups is 1. The smallest absolute Gasteiger partial charge is 0.271 e. The Balaban J connectivity index is 2.00. The standard InChI is InChI=1S/C17H21N3O/c1-12(2)20-11-15(9-14(20)4)10-18-19-17(21)16-7-5-13(3)6-8-16/h5-12H,1-4H3,(H,19,21)/b18-10-. The van der Waals surface area contributed by atoms with Gasteiger partial charge in [-0.25, -0.2) is 5.43 Å². The number of aromatic nitrogens is 1. The molecule has 0 radical (unpaired) electrons. The topological polar surface area (TPSA) is 46.4 Å². The zero-order valence-corrected chi connectivity index (χ0v) is 12.9. The number of carbonyl (C=O) groups excluding carboxylic acids is 1. The summed E-state index contributed by atoms with van der Waals surface area (Å²) >= 11 is 0. The maximum Gasteiger partial charge on any atom is 0.271 e. The molecule has 0 aliphatic rings. The summed E-state index contributed by atoms with van der Waals surface area (Å²) in [4.78, 5) is 11.9. The van der Waals surface area contributed by atoms with E-state index in [1.165, 1.54) is 5.69 Å². The molecule has 0 saturated carbocycles. The molecule has 0 bridgehead atoms. The normalized spacial score (nSPS) is 11.3. The van der Waals surface area contributed by atoms with Crippen LogP contribution in [0.25, 0.3) is 0 Å². The van der Waals surface area contributed by atoms with Crippen LogP contribution in [0.15, 0.2) is 41.6 Å². The lowest BCUT2D eigenvalue weighted by Gasteiger charge is -2.08. The van der Waals surface area contributed by atoms with Gasteiger partial charge in [0, 0.05) is 29.1 Å². The fraction of sp³-hybridized carbons (Fsp3) is 0.294. The van der Waals surface area contributed by atoms with Gasteiger partial charge in [-0.15, -0.1) is 0 Å². The monoisotopic (exact) mass is 283 g/mol. The van der Waals surface area contributed by atoms with E-state index in [2.05, 4.69) is 35.9 Å². The van der Waals surface area contributed by atoms with Crippen molar-refractivity contribution in [3.8, 4) is 0 Å².